The SMILES string of the molecule is CCNC1COCC1c1nc(-c2nccn2C)no1. The standard InChI is InChI=1S/C12H17N5O2/c1-3-13-9-7-18-6-8(9)12-15-10(16-19-12)11-14-4-5-17(11)2/h4-5,8-9,13H,3,6-7H2,1-2H3. The summed E-state index contributed by atoms with van der Waals surface area (Å²) in [6.07, 6.45) is 3.57. The van der Waals surface area contributed by atoms with Gasteiger partial charge in [0.1, 0.15) is 0 Å². The maximum absolute atomic E-state index is 5.49. The molecule has 2 aromatic rings. The van der Waals surface area contributed by atoms with Crippen molar-refractivity contribution < 1.29 is 9.26 Å². The third-order valence-corrected chi connectivity index (χ3v) is 3.33. The molecule has 1 fully saturated rings. The topological polar surface area (TPSA) is 78.0 Å². The number of aromatic nitrogens is 4. The van der Waals surface area contributed by atoms with Gasteiger partial charge in [-0.15, -0.1) is 0 Å². The average molecular weight is 263 g/mol. The molecule has 1 N–H and O–H groups in total. The van der Waals surface area contributed by atoms with Crippen LogP contribution in [0, 0.1) is 0 Å². The second-order valence-corrected chi connectivity index (χ2v) is 4.63. The van der Waals surface area contributed by atoms with Crippen LogP contribution in [0.15, 0.2) is 16.9 Å². The van der Waals surface area contributed by atoms with E-state index in [0.29, 0.717) is 30.8 Å². The minimum atomic E-state index is 0.112. The lowest BCUT2D eigenvalue weighted by molar-refractivity contribution is 0.185. The molecular weight excluding hydrogens is 246 g/mol. The van der Waals surface area contributed by atoms with Crippen LogP contribution in [0.2, 0.25) is 0 Å². The molecular formula is C12H17N5O2. The second-order valence-electron chi connectivity index (χ2n) is 4.63. The van der Waals surface area contributed by atoms with E-state index in [1.807, 2.05) is 17.8 Å². The van der Waals surface area contributed by atoms with Crippen LogP contribution in [0.3, 0.4) is 0 Å². The maximum Gasteiger partial charge on any atom is 0.238 e. The Bertz CT molecular complexity index is 550. The fraction of sp³-hybridized carbons (Fsp3) is 0.583. The third-order valence-electron chi connectivity index (χ3n) is 3.33. The van der Waals surface area contributed by atoms with Crippen LogP contribution in [0.5, 0.6) is 0 Å². The molecule has 2 aromatic heterocycles. The Labute approximate surface area is 111 Å². The highest BCUT2D eigenvalue weighted by molar-refractivity contribution is 5.42. The van der Waals surface area contributed by atoms with E-state index in [-0.39, 0.29) is 12.0 Å². The molecule has 0 aromatic carbocycles. The molecule has 0 spiro atoms. The molecule has 1 aliphatic heterocycles. The first-order valence-electron chi connectivity index (χ1n) is 6.42. The Morgan fingerprint density at radius 1 is 1.47 bits per heavy atom. The average Bonchev–Trinajstić information content (AvgIpc) is 3.08. The Morgan fingerprint density at radius 2 is 2.37 bits per heavy atom. The Hall–Kier alpha value is -1.73. The highest BCUT2D eigenvalue weighted by Crippen LogP contribution is 2.26. The number of rotatable bonds is 4. The van der Waals surface area contributed by atoms with Gasteiger partial charge in [-0.25, -0.2) is 4.98 Å². The monoisotopic (exact) mass is 263 g/mol. The van der Waals surface area contributed by atoms with E-state index in [2.05, 4.69) is 27.4 Å². The van der Waals surface area contributed by atoms with Crippen molar-refractivity contribution in [1.82, 2.24) is 25.0 Å². The van der Waals surface area contributed by atoms with Crippen LogP contribution in [-0.4, -0.2) is 45.5 Å². The summed E-state index contributed by atoms with van der Waals surface area (Å²) in [5, 5.41) is 7.38. The van der Waals surface area contributed by atoms with E-state index in [0.717, 1.165) is 6.54 Å². The summed E-state index contributed by atoms with van der Waals surface area (Å²) in [7, 11) is 1.90. The summed E-state index contributed by atoms with van der Waals surface area (Å²) in [6, 6.07) is 0.236. The van der Waals surface area contributed by atoms with Gasteiger partial charge in [-0.3, -0.25) is 0 Å². The number of ether oxygens (including phenoxy) is 1. The van der Waals surface area contributed by atoms with Gasteiger partial charge in [-0.1, -0.05) is 12.1 Å². The number of nitrogens with one attached hydrogen (secondary N) is 1. The highest BCUT2D eigenvalue weighted by Gasteiger charge is 2.33. The zero-order valence-corrected chi connectivity index (χ0v) is 11.0. The number of nitrogens with zero attached hydrogens (tertiary/aromatic N) is 4. The summed E-state index contributed by atoms with van der Waals surface area (Å²) >= 11 is 0. The molecule has 1 saturated heterocycles. The van der Waals surface area contributed by atoms with Gasteiger partial charge in [-0.2, -0.15) is 4.98 Å². The lowest BCUT2D eigenvalue weighted by Gasteiger charge is -2.13. The van der Waals surface area contributed by atoms with Crippen LogP contribution >= 0.6 is 0 Å². The summed E-state index contributed by atoms with van der Waals surface area (Å²) < 4.78 is 12.7. The van der Waals surface area contributed by atoms with Crippen LogP contribution in [0.25, 0.3) is 11.6 Å². The van der Waals surface area contributed by atoms with Crippen molar-refractivity contribution in [3.8, 4) is 11.6 Å². The summed E-state index contributed by atoms with van der Waals surface area (Å²) in [4.78, 5) is 8.66. The van der Waals surface area contributed by atoms with Gasteiger partial charge in [-0.05, 0) is 6.54 Å². The van der Waals surface area contributed by atoms with Gasteiger partial charge < -0.3 is 19.1 Å². The zero-order chi connectivity index (χ0) is 13.2. The third kappa shape index (κ3) is 2.26. The number of hydrogen-bond donors (Lipinski definition) is 1. The first-order valence-corrected chi connectivity index (χ1v) is 6.42. The molecule has 3 rings (SSSR count). The molecule has 0 saturated carbocycles. The molecule has 7 nitrogen and oxygen atoms in total. The van der Waals surface area contributed by atoms with E-state index in [1.165, 1.54) is 0 Å². The molecule has 19 heavy (non-hydrogen) atoms. The van der Waals surface area contributed by atoms with Gasteiger partial charge in [0.25, 0.3) is 0 Å². The minimum absolute atomic E-state index is 0.112. The fourth-order valence-electron chi connectivity index (χ4n) is 2.32. The Morgan fingerprint density at radius 3 is 3.11 bits per heavy atom. The van der Waals surface area contributed by atoms with E-state index in [1.54, 1.807) is 6.20 Å². The first-order chi connectivity index (χ1) is 9.29. The van der Waals surface area contributed by atoms with Gasteiger partial charge in [0, 0.05) is 25.5 Å². The van der Waals surface area contributed by atoms with Crippen LogP contribution in [0.1, 0.15) is 18.7 Å². The Balaban J connectivity index is 1.83. The van der Waals surface area contributed by atoms with Crippen LogP contribution in [0.4, 0.5) is 0 Å². The smallest absolute Gasteiger partial charge is 0.238 e. The van der Waals surface area contributed by atoms with E-state index < -0.39 is 0 Å². The molecule has 7 heteroatoms. The van der Waals surface area contributed by atoms with Crippen molar-refractivity contribution in [2.24, 2.45) is 7.05 Å². The molecule has 1 aliphatic rings. The number of imidazole rings is 1. The predicted octanol–water partition coefficient (Wildman–Crippen LogP) is 0.562. The summed E-state index contributed by atoms with van der Waals surface area (Å²) in [6.45, 7) is 4.26. The molecule has 2 atom stereocenters. The normalized spacial score (nSPS) is 23.1. The molecule has 0 bridgehead atoms. The van der Waals surface area contributed by atoms with Crippen LogP contribution < -0.4 is 5.32 Å². The lowest BCUT2D eigenvalue weighted by atomic mass is 10.0. The lowest BCUT2D eigenvalue weighted by Crippen LogP contribution is -2.34. The van der Waals surface area contributed by atoms with Crippen molar-refractivity contribution in [2.45, 2.75) is 18.9 Å². The summed E-state index contributed by atoms with van der Waals surface area (Å²) in [5.74, 6) is 1.95. The first kappa shape index (κ1) is 12.3. The van der Waals surface area contributed by atoms with Crippen LogP contribution in [-0.2, 0) is 11.8 Å². The molecule has 3 heterocycles. The van der Waals surface area contributed by atoms with Gasteiger partial charge >= 0.3 is 0 Å². The predicted molar refractivity (Wildman–Crippen MR) is 67.5 cm³/mol. The van der Waals surface area contributed by atoms with Gasteiger partial charge in [0.2, 0.25) is 11.7 Å². The number of aryl methyl sites for hydroxylation is 1. The van der Waals surface area contributed by atoms with E-state index in [4.69, 9.17) is 9.26 Å². The molecule has 2 unspecified atom stereocenters. The van der Waals surface area contributed by atoms with E-state index in [9.17, 15) is 0 Å². The molecule has 0 radical (unpaired) electrons. The van der Waals surface area contributed by atoms with Gasteiger partial charge in [0.15, 0.2) is 5.82 Å². The number of hydrogen-bond acceptors (Lipinski definition) is 6. The van der Waals surface area contributed by atoms with Crippen molar-refractivity contribution in [3.63, 3.8) is 0 Å². The second kappa shape index (κ2) is 5.10. The molecule has 102 valence electrons. The molecule has 0 amide bonds. The highest BCUT2D eigenvalue weighted by atomic mass is 16.5. The summed E-state index contributed by atoms with van der Waals surface area (Å²) in [5.41, 5.74) is 0. The molecule has 0 aliphatic carbocycles. The van der Waals surface area contributed by atoms with Crippen molar-refractivity contribution in [3.05, 3.63) is 18.3 Å². The quantitative estimate of drug-likeness (QED) is 0.868. The van der Waals surface area contributed by atoms with Gasteiger partial charge in [0.05, 0.1) is 19.1 Å². The zero-order valence-electron chi connectivity index (χ0n) is 11.0. The number of likely N-dealkylation sites (N-methyl/N-ethyl adjacent to an activating group) is 1. The maximum atomic E-state index is 5.49. The van der Waals surface area contributed by atoms with Crippen molar-refractivity contribution in [2.75, 3.05) is 19.8 Å². The van der Waals surface area contributed by atoms with Crippen molar-refractivity contribution in [1.29, 1.82) is 0 Å². The largest absolute Gasteiger partial charge is 0.379 e. The fourth-order valence-corrected chi connectivity index (χ4v) is 2.32. The van der Waals surface area contributed by atoms with E-state index >= 15 is 0 Å². The minimum Gasteiger partial charge on any atom is -0.379 e. The Kier molecular flexibility index (Phi) is 3.31. The van der Waals surface area contributed by atoms with Crippen molar-refractivity contribution >= 4 is 0 Å².